The summed E-state index contributed by atoms with van der Waals surface area (Å²) in [5.41, 5.74) is 4.71. The Kier molecular flexibility index (Phi) is 7.04. The van der Waals surface area contributed by atoms with Gasteiger partial charge in [-0.15, -0.1) is 0 Å². The van der Waals surface area contributed by atoms with Crippen LogP contribution in [-0.2, 0) is 11.7 Å². The van der Waals surface area contributed by atoms with Crippen LogP contribution in [-0.4, -0.2) is 12.2 Å². The van der Waals surface area contributed by atoms with Gasteiger partial charge in [-0.3, -0.25) is 0 Å². The fraction of sp³-hybridized carbons (Fsp3) is 0.455. The lowest BCUT2D eigenvalue weighted by Crippen LogP contribution is -2.25. The zero-order chi connectivity index (χ0) is 18.4. The fourth-order valence-electron chi connectivity index (χ4n) is 3.72. The number of hydrogen-bond donors (Lipinski definition) is 2. The lowest BCUT2D eigenvalue weighted by Gasteiger charge is -2.35. The number of benzene rings is 2. The highest BCUT2D eigenvalue weighted by atomic mass is 31.1. The first kappa shape index (κ1) is 19.9. The smallest absolute Gasteiger partial charge is 0.122 e. The van der Waals surface area contributed by atoms with Crippen LogP contribution in [0.3, 0.4) is 0 Å². The van der Waals surface area contributed by atoms with Gasteiger partial charge in [0.15, 0.2) is 0 Å². The molecule has 2 aromatic carbocycles. The van der Waals surface area contributed by atoms with Crippen molar-refractivity contribution < 1.29 is 5.11 Å². The number of aromatic hydroxyl groups is 1. The van der Waals surface area contributed by atoms with Gasteiger partial charge in [-0.2, -0.15) is 0 Å². The average Bonchev–Trinajstić information content (AvgIpc) is 2.59. The van der Waals surface area contributed by atoms with Crippen molar-refractivity contribution >= 4 is 13.9 Å². The van der Waals surface area contributed by atoms with Crippen molar-refractivity contribution in [3.8, 4) is 5.75 Å². The van der Waals surface area contributed by atoms with E-state index in [-0.39, 0.29) is 5.16 Å². The standard InChI is InChI=1S/C22H32NOP/c1-6-12-22(7-2,19-14-16(3)13-17(4)21(19)24)25-20-11-9-8-10-18(20)15-23-5/h8-11,13-14,23-25H,6-7,12,15H2,1-5H3. The Balaban J connectivity index is 2.56. The molecule has 0 aliphatic carbocycles. The van der Waals surface area contributed by atoms with Gasteiger partial charge in [0.05, 0.1) is 0 Å². The van der Waals surface area contributed by atoms with Crippen molar-refractivity contribution in [2.45, 2.75) is 58.7 Å². The quantitative estimate of drug-likeness (QED) is 0.641. The Hall–Kier alpha value is -1.37. The number of rotatable bonds is 8. The molecular formula is C22H32NOP. The summed E-state index contributed by atoms with van der Waals surface area (Å²) in [5, 5.41) is 15.6. The molecule has 0 radical (unpaired) electrons. The van der Waals surface area contributed by atoms with Gasteiger partial charge in [0.2, 0.25) is 0 Å². The van der Waals surface area contributed by atoms with Crippen LogP contribution >= 0.6 is 8.58 Å². The maximum Gasteiger partial charge on any atom is 0.122 e. The maximum atomic E-state index is 10.9. The number of hydrogen-bond acceptors (Lipinski definition) is 2. The Morgan fingerprint density at radius 2 is 1.84 bits per heavy atom. The third-order valence-corrected chi connectivity index (χ3v) is 7.11. The Labute approximate surface area is 154 Å². The molecule has 0 aliphatic rings. The Morgan fingerprint density at radius 3 is 2.48 bits per heavy atom. The van der Waals surface area contributed by atoms with E-state index in [0.717, 1.165) is 36.9 Å². The molecule has 0 saturated carbocycles. The molecule has 0 bridgehead atoms. The SMILES string of the molecule is CCCC(CC)(Pc1ccccc1CNC)c1cc(C)cc(C)c1O. The molecule has 0 heterocycles. The van der Waals surface area contributed by atoms with E-state index in [9.17, 15) is 5.11 Å². The van der Waals surface area contributed by atoms with Gasteiger partial charge in [0, 0.05) is 17.3 Å². The molecular weight excluding hydrogens is 325 g/mol. The van der Waals surface area contributed by atoms with E-state index in [0.29, 0.717) is 14.3 Å². The van der Waals surface area contributed by atoms with E-state index in [1.165, 1.54) is 16.4 Å². The fourth-order valence-corrected chi connectivity index (χ4v) is 5.62. The van der Waals surface area contributed by atoms with Crippen molar-refractivity contribution in [2.75, 3.05) is 7.05 Å². The largest absolute Gasteiger partial charge is 0.507 e. The van der Waals surface area contributed by atoms with Crippen molar-refractivity contribution in [3.63, 3.8) is 0 Å². The van der Waals surface area contributed by atoms with Gasteiger partial charge in [-0.25, -0.2) is 0 Å². The van der Waals surface area contributed by atoms with Gasteiger partial charge in [0.25, 0.3) is 0 Å². The highest BCUT2D eigenvalue weighted by Gasteiger charge is 2.33. The highest BCUT2D eigenvalue weighted by Crippen LogP contribution is 2.51. The molecule has 2 unspecified atom stereocenters. The molecule has 2 atom stereocenters. The van der Waals surface area contributed by atoms with E-state index in [1.54, 1.807) is 0 Å². The zero-order valence-corrected chi connectivity index (χ0v) is 17.2. The third-order valence-electron chi connectivity index (χ3n) is 5.00. The predicted molar refractivity (Wildman–Crippen MR) is 112 cm³/mol. The summed E-state index contributed by atoms with van der Waals surface area (Å²) in [6.07, 6.45) is 3.23. The van der Waals surface area contributed by atoms with Crippen LogP contribution in [0.1, 0.15) is 55.4 Å². The molecule has 0 aliphatic heterocycles. The summed E-state index contributed by atoms with van der Waals surface area (Å²) < 4.78 is 0. The van der Waals surface area contributed by atoms with E-state index in [1.807, 2.05) is 14.0 Å². The van der Waals surface area contributed by atoms with Gasteiger partial charge in [-0.1, -0.05) is 70.8 Å². The van der Waals surface area contributed by atoms with Crippen LogP contribution in [0.2, 0.25) is 0 Å². The summed E-state index contributed by atoms with van der Waals surface area (Å²) in [6, 6.07) is 13.0. The summed E-state index contributed by atoms with van der Waals surface area (Å²) in [7, 11) is 2.64. The molecule has 0 spiro atoms. The molecule has 2 N–H and O–H groups in total. The first-order valence-electron chi connectivity index (χ1n) is 9.28. The van der Waals surface area contributed by atoms with Gasteiger partial charge in [0.1, 0.15) is 5.75 Å². The van der Waals surface area contributed by atoms with Crippen LogP contribution in [0.5, 0.6) is 5.75 Å². The second-order valence-electron chi connectivity index (χ2n) is 6.98. The number of nitrogens with one attached hydrogen (secondary N) is 1. The monoisotopic (exact) mass is 357 g/mol. The van der Waals surface area contributed by atoms with Crippen LogP contribution in [0, 0.1) is 13.8 Å². The maximum absolute atomic E-state index is 10.9. The molecule has 3 heteroatoms. The minimum Gasteiger partial charge on any atom is -0.507 e. The summed E-state index contributed by atoms with van der Waals surface area (Å²) >= 11 is 0. The number of aryl methyl sites for hydroxylation is 2. The van der Waals surface area contributed by atoms with E-state index >= 15 is 0 Å². The van der Waals surface area contributed by atoms with Crippen molar-refractivity contribution in [3.05, 3.63) is 58.7 Å². The van der Waals surface area contributed by atoms with Crippen LogP contribution in [0.15, 0.2) is 36.4 Å². The van der Waals surface area contributed by atoms with Gasteiger partial charge < -0.3 is 10.4 Å². The second-order valence-corrected chi connectivity index (χ2v) is 8.72. The summed E-state index contributed by atoms with van der Waals surface area (Å²) in [5.74, 6) is 0.486. The first-order valence-corrected chi connectivity index (χ1v) is 10.3. The third kappa shape index (κ3) is 4.43. The normalized spacial score (nSPS) is 14.1. The highest BCUT2D eigenvalue weighted by molar-refractivity contribution is 7.48. The molecule has 2 aromatic rings. The minimum atomic E-state index is -0.000538. The van der Waals surface area contributed by atoms with Crippen LogP contribution in [0.4, 0.5) is 0 Å². The molecule has 2 nitrogen and oxygen atoms in total. The molecule has 136 valence electrons. The van der Waals surface area contributed by atoms with Crippen LogP contribution in [0.25, 0.3) is 0 Å². The van der Waals surface area contributed by atoms with E-state index < -0.39 is 0 Å². The first-order chi connectivity index (χ1) is 12.0. The Morgan fingerprint density at radius 1 is 1.12 bits per heavy atom. The van der Waals surface area contributed by atoms with Crippen LogP contribution < -0.4 is 10.6 Å². The van der Waals surface area contributed by atoms with Gasteiger partial charge >= 0.3 is 0 Å². The molecule has 2 rings (SSSR count). The summed E-state index contributed by atoms with van der Waals surface area (Å²) in [6.45, 7) is 9.53. The topological polar surface area (TPSA) is 32.3 Å². The molecule has 25 heavy (non-hydrogen) atoms. The average molecular weight is 357 g/mol. The molecule has 0 amide bonds. The van der Waals surface area contributed by atoms with Gasteiger partial charge in [-0.05, 0) is 50.2 Å². The predicted octanol–water partition coefficient (Wildman–Crippen LogP) is 5.14. The minimum absolute atomic E-state index is 0.000538. The lowest BCUT2D eigenvalue weighted by atomic mass is 9.88. The molecule has 0 aromatic heterocycles. The van der Waals surface area contributed by atoms with E-state index in [2.05, 4.69) is 62.5 Å². The molecule has 0 saturated heterocycles. The lowest BCUT2D eigenvalue weighted by molar-refractivity contribution is 0.438. The number of phenolic OH excluding ortho intramolecular Hbond substituents is 1. The zero-order valence-electron chi connectivity index (χ0n) is 16.2. The van der Waals surface area contributed by atoms with Crippen molar-refractivity contribution in [2.24, 2.45) is 0 Å². The van der Waals surface area contributed by atoms with E-state index in [4.69, 9.17) is 0 Å². The second kappa shape index (κ2) is 8.83. The van der Waals surface area contributed by atoms with Crippen molar-refractivity contribution in [1.82, 2.24) is 5.32 Å². The Bertz CT molecular complexity index is 713. The molecule has 0 fully saturated rings. The summed E-state index contributed by atoms with van der Waals surface area (Å²) in [4.78, 5) is 0. The van der Waals surface area contributed by atoms with Crippen molar-refractivity contribution in [1.29, 1.82) is 0 Å². The number of phenols is 1.